The van der Waals surface area contributed by atoms with Crippen LogP contribution in [-0.4, -0.2) is 46.7 Å². The molecule has 0 radical (unpaired) electrons. The van der Waals surface area contributed by atoms with Crippen LogP contribution in [0.4, 0.5) is 0 Å². The highest BCUT2D eigenvalue weighted by Gasteiger charge is 2.54. The van der Waals surface area contributed by atoms with Gasteiger partial charge in [0.05, 0.1) is 44.4 Å². The number of fused-ring (bicyclic) bond motifs is 3. The lowest BCUT2D eigenvalue weighted by Gasteiger charge is -2.39. The van der Waals surface area contributed by atoms with E-state index < -0.39 is 35.8 Å². The lowest BCUT2D eigenvalue weighted by Crippen LogP contribution is -2.36. The maximum atomic E-state index is 13.4. The lowest BCUT2D eigenvalue weighted by atomic mass is 9.66. The molecule has 0 aromatic heterocycles. The maximum Gasteiger partial charge on any atom is 0.338 e. The summed E-state index contributed by atoms with van der Waals surface area (Å²) in [5, 5.41) is 0.266. The molecular weight excluding hydrogens is 540 g/mol. The van der Waals surface area contributed by atoms with Crippen LogP contribution in [0.1, 0.15) is 44.6 Å². The summed E-state index contributed by atoms with van der Waals surface area (Å²) < 4.78 is 39.8. The molecule has 10 heteroatoms. The van der Waals surface area contributed by atoms with Crippen LogP contribution in [-0.2, 0) is 14.3 Å². The Kier molecular flexibility index (Phi) is 6.62. The minimum atomic E-state index is -0.786. The molecule has 3 aliphatic rings. The molecule has 0 N–H and O–H groups in total. The summed E-state index contributed by atoms with van der Waals surface area (Å²) >= 11 is 6.94. The average molecular weight is 567 g/mol. The van der Waals surface area contributed by atoms with Gasteiger partial charge in [0.15, 0.2) is 23.0 Å². The molecule has 1 fully saturated rings. The summed E-state index contributed by atoms with van der Waals surface area (Å²) in [4.78, 5) is 26.7. The fourth-order valence-electron chi connectivity index (χ4n) is 5.96. The van der Waals surface area contributed by atoms with Crippen molar-refractivity contribution in [2.75, 3.05) is 34.7 Å². The van der Waals surface area contributed by atoms with E-state index in [1.54, 1.807) is 24.3 Å². The average Bonchev–Trinajstić information content (AvgIpc) is 3.58. The monoisotopic (exact) mass is 566 g/mol. The van der Waals surface area contributed by atoms with Gasteiger partial charge in [-0.05, 0) is 48.4 Å². The number of cyclic esters (lactones) is 1. The van der Waals surface area contributed by atoms with Crippen molar-refractivity contribution in [1.82, 2.24) is 0 Å². The van der Waals surface area contributed by atoms with Crippen molar-refractivity contribution in [3.63, 3.8) is 0 Å². The van der Waals surface area contributed by atoms with Crippen molar-refractivity contribution in [3.05, 3.63) is 75.3 Å². The van der Waals surface area contributed by atoms with Crippen LogP contribution in [0, 0.1) is 18.8 Å². The molecule has 3 aromatic carbocycles. The highest BCUT2D eigenvalue weighted by molar-refractivity contribution is 6.33. The number of hydrogen-bond acceptors (Lipinski definition) is 9. The number of ether oxygens (including phenoxy) is 7. The SMILES string of the molecule is COc1cc([C@@H]2c3cc4c(cc3[C@@H](OC(=O)c3cccc(C)c3)[C@H]3COC(=O)[C@H]23)OCO4)c(Cl)c(OC)c1OC. The van der Waals surface area contributed by atoms with E-state index in [0.29, 0.717) is 45.3 Å². The Labute approximate surface area is 235 Å². The smallest absolute Gasteiger partial charge is 0.338 e. The Morgan fingerprint density at radius 1 is 0.900 bits per heavy atom. The molecule has 0 spiro atoms. The van der Waals surface area contributed by atoms with Crippen molar-refractivity contribution in [2.24, 2.45) is 11.8 Å². The Morgan fingerprint density at radius 3 is 2.30 bits per heavy atom. The van der Waals surface area contributed by atoms with E-state index in [2.05, 4.69) is 0 Å². The zero-order valence-corrected chi connectivity index (χ0v) is 23.1. The molecule has 4 atom stereocenters. The van der Waals surface area contributed by atoms with Gasteiger partial charge in [-0.2, -0.15) is 0 Å². The molecule has 2 aliphatic heterocycles. The number of benzene rings is 3. The van der Waals surface area contributed by atoms with Crippen molar-refractivity contribution in [1.29, 1.82) is 0 Å². The van der Waals surface area contributed by atoms with Gasteiger partial charge in [0, 0.05) is 17.4 Å². The first-order valence-electron chi connectivity index (χ1n) is 12.7. The molecule has 9 nitrogen and oxygen atoms in total. The predicted octanol–water partition coefficient (Wildman–Crippen LogP) is 5.24. The van der Waals surface area contributed by atoms with Crippen LogP contribution >= 0.6 is 11.6 Å². The number of carbonyl (C=O) groups is 2. The van der Waals surface area contributed by atoms with Crippen molar-refractivity contribution < 1.29 is 42.7 Å². The van der Waals surface area contributed by atoms with Gasteiger partial charge in [-0.3, -0.25) is 4.79 Å². The van der Waals surface area contributed by atoms with Gasteiger partial charge < -0.3 is 33.2 Å². The standard InChI is InChI=1S/C30H27ClO9/c1-14-6-5-7-15(8-14)29(32)40-26-17-10-21-20(38-13-39-21)9-16(17)23(24-19(26)12-37-30(24)33)18-11-22(34-2)27(35-3)28(36-4)25(18)31/h5-11,19,23-24,26H,12-13H2,1-4H3/t19-,23-,24-,26+/m0/s1. The van der Waals surface area contributed by atoms with Crippen molar-refractivity contribution in [2.45, 2.75) is 18.9 Å². The summed E-state index contributed by atoms with van der Waals surface area (Å²) in [5.74, 6) is -0.698. The van der Waals surface area contributed by atoms with Crippen LogP contribution < -0.4 is 23.7 Å². The molecule has 208 valence electrons. The van der Waals surface area contributed by atoms with E-state index in [9.17, 15) is 9.59 Å². The second kappa shape index (κ2) is 10.1. The third-order valence-corrected chi connectivity index (χ3v) is 8.13. The summed E-state index contributed by atoms with van der Waals surface area (Å²) in [6.45, 7) is 2.02. The van der Waals surface area contributed by atoms with Crippen LogP contribution in [0.3, 0.4) is 0 Å². The molecule has 40 heavy (non-hydrogen) atoms. The Morgan fingerprint density at radius 2 is 1.62 bits per heavy atom. The Bertz CT molecular complexity index is 1520. The van der Waals surface area contributed by atoms with E-state index in [1.165, 1.54) is 21.3 Å². The third kappa shape index (κ3) is 4.07. The van der Waals surface area contributed by atoms with Crippen molar-refractivity contribution >= 4 is 23.5 Å². The quantitative estimate of drug-likeness (QED) is 0.371. The summed E-state index contributed by atoms with van der Waals surface area (Å²) in [6.07, 6.45) is -0.786. The number of carbonyl (C=O) groups excluding carboxylic acids is 2. The minimum Gasteiger partial charge on any atom is -0.493 e. The zero-order chi connectivity index (χ0) is 28.1. The van der Waals surface area contributed by atoms with Crippen LogP contribution in [0.2, 0.25) is 5.02 Å². The first-order chi connectivity index (χ1) is 19.4. The first-order valence-corrected chi connectivity index (χ1v) is 13.1. The van der Waals surface area contributed by atoms with Gasteiger partial charge in [0.25, 0.3) is 0 Å². The third-order valence-electron chi connectivity index (χ3n) is 7.74. The van der Waals surface area contributed by atoms with Crippen LogP contribution in [0.15, 0.2) is 42.5 Å². The van der Waals surface area contributed by atoms with E-state index in [0.717, 1.165) is 5.56 Å². The van der Waals surface area contributed by atoms with E-state index >= 15 is 0 Å². The topological polar surface area (TPSA) is 98.8 Å². The van der Waals surface area contributed by atoms with E-state index in [4.69, 9.17) is 44.8 Å². The molecular formula is C30H27ClO9. The number of esters is 2. The Hall–Kier alpha value is -4.11. The second-order valence-corrected chi connectivity index (χ2v) is 10.3. The van der Waals surface area contributed by atoms with E-state index in [-0.39, 0.29) is 24.2 Å². The molecule has 1 saturated heterocycles. The van der Waals surface area contributed by atoms with Gasteiger partial charge in [0.1, 0.15) is 6.10 Å². The zero-order valence-electron chi connectivity index (χ0n) is 22.3. The van der Waals surface area contributed by atoms with Crippen LogP contribution in [0.25, 0.3) is 0 Å². The summed E-state index contributed by atoms with van der Waals surface area (Å²) in [7, 11) is 4.48. The molecule has 0 unspecified atom stereocenters. The van der Waals surface area contributed by atoms with Gasteiger partial charge in [-0.25, -0.2) is 4.79 Å². The number of hydrogen-bond donors (Lipinski definition) is 0. The summed E-state index contributed by atoms with van der Waals surface area (Å²) in [6, 6.07) is 12.5. The predicted molar refractivity (Wildman–Crippen MR) is 143 cm³/mol. The van der Waals surface area contributed by atoms with Crippen molar-refractivity contribution in [3.8, 4) is 28.7 Å². The highest BCUT2D eigenvalue weighted by Crippen LogP contribution is 2.58. The first kappa shape index (κ1) is 26.1. The number of methoxy groups -OCH3 is 3. The van der Waals surface area contributed by atoms with Gasteiger partial charge in [0.2, 0.25) is 12.5 Å². The van der Waals surface area contributed by atoms with E-state index in [1.807, 2.05) is 25.1 Å². The molecule has 1 aliphatic carbocycles. The Balaban J connectivity index is 1.55. The molecule has 3 aromatic rings. The van der Waals surface area contributed by atoms with Crippen LogP contribution in [0.5, 0.6) is 28.7 Å². The molecule has 0 bridgehead atoms. The number of aryl methyl sites for hydroxylation is 1. The lowest BCUT2D eigenvalue weighted by molar-refractivity contribution is -0.141. The fraction of sp³-hybridized carbons (Fsp3) is 0.333. The molecule has 6 rings (SSSR count). The number of halogens is 1. The number of rotatable bonds is 6. The van der Waals surface area contributed by atoms with Gasteiger partial charge in [-0.1, -0.05) is 29.3 Å². The normalized spacial score (nSPS) is 22.2. The maximum absolute atomic E-state index is 13.4. The summed E-state index contributed by atoms with van der Waals surface area (Å²) in [5.41, 5.74) is 3.30. The molecule has 0 amide bonds. The van der Waals surface area contributed by atoms with Gasteiger partial charge >= 0.3 is 11.9 Å². The second-order valence-electron chi connectivity index (χ2n) is 9.88. The largest absolute Gasteiger partial charge is 0.493 e. The highest BCUT2D eigenvalue weighted by atomic mass is 35.5. The van der Waals surface area contributed by atoms with Gasteiger partial charge in [-0.15, -0.1) is 0 Å². The fourth-order valence-corrected chi connectivity index (χ4v) is 6.29. The molecule has 2 heterocycles. The minimum absolute atomic E-state index is 0.0521. The molecule has 0 saturated carbocycles.